The summed E-state index contributed by atoms with van der Waals surface area (Å²) in [5, 5.41) is 5.40. The molecule has 1 nitrogen and oxygen atoms in total. The molecule has 8 aromatic rings. The molecule has 0 bridgehead atoms. The van der Waals surface area contributed by atoms with E-state index in [9.17, 15) is 0 Å². The van der Waals surface area contributed by atoms with Gasteiger partial charge < -0.3 is 0 Å². The Morgan fingerprint density at radius 2 is 0.569 bits per heavy atom. The summed E-state index contributed by atoms with van der Waals surface area (Å²) in [5.41, 5.74) is 9.55. The van der Waals surface area contributed by atoms with Crippen LogP contribution in [0.15, 0.2) is 225 Å². The molecular formula is C49H37NSi. The molecule has 0 unspecified atom stereocenters. The first kappa shape index (κ1) is 31.9. The molecule has 0 radical (unpaired) electrons. The molecule has 51 heavy (non-hydrogen) atoms. The first-order valence-electron chi connectivity index (χ1n) is 17.5. The molecule has 0 saturated heterocycles. The smallest absolute Gasteiger partial charge is 0.179 e. The summed E-state index contributed by atoms with van der Waals surface area (Å²) in [6.45, 7) is 0. The average molecular weight is 668 g/mol. The third-order valence-electron chi connectivity index (χ3n) is 9.79. The van der Waals surface area contributed by atoms with Crippen molar-refractivity contribution in [3.05, 3.63) is 247 Å². The van der Waals surface area contributed by atoms with Gasteiger partial charge >= 0.3 is 0 Å². The minimum absolute atomic E-state index is 1.17. The number of rotatable bonds is 9. The summed E-state index contributed by atoms with van der Waals surface area (Å²) >= 11 is 0. The van der Waals surface area contributed by atoms with Gasteiger partial charge in [-0.05, 0) is 77.4 Å². The number of hydrogen-bond acceptors (Lipinski definition) is 1. The largest absolute Gasteiger partial charge is 0.265 e. The minimum Gasteiger partial charge on any atom is -0.265 e. The molecule has 0 aliphatic carbocycles. The van der Waals surface area contributed by atoms with Gasteiger partial charge in [-0.3, -0.25) is 4.98 Å². The number of hydrogen-bond donors (Lipinski definition) is 0. The van der Waals surface area contributed by atoms with Gasteiger partial charge in [0, 0.05) is 12.4 Å². The molecule has 0 fully saturated rings. The highest BCUT2D eigenvalue weighted by Crippen LogP contribution is 2.36. The van der Waals surface area contributed by atoms with E-state index in [-0.39, 0.29) is 0 Å². The Morgan fingerprint density at radius 3 is 0.961 bits per heavy atom. The molecule has 0 saturated carbocycles. The van der Waals surface area contributed by atoms with Crippen LogP contribution in [0.5, 0.6) is 0 Å². The molecule has 0 amide bonds. The van der Waals surface area contributed by atoms with E-state index in [1.807, 2.05) is 12.4 Å². The molecule has 1 heterocycles. The van der Waals surface area contributed by atoms with Crippen LogP contribution in [0, 0.1) is 0 Å². The number of nitrogens with zero attached hydrogens (tertiary/aromatic N) is 1. The van der Waals surface area contributed by atoms with E-state index in [0.717, 1.165) is 0 Å². The maximum atomic E-state index is 4.23. The molecule has 0 spiro atoms. The Bertz CT molecular complexity index is 2260. The van der Waals surface area contributed by atoms with Crippen LogP contribution < -0.4 is 20.7 Å². The highest BCUT2D eigenvalue weighted by atomic mass is 28.3. The lowest BCUT2D eigenvalue weighted by Gasteiger charge is -2.34. The van der Waals surface area contributed by atoms with E-state index in [1.165, 1.54) is 65.3 Å². The lowest BCUT2D eigenvalue weighted by atomic mass is 9.86. The Balaban J connectivity index is 1.37. The summed E-state index contributed by atoms with van der Waals surface area (Å²) in [4.78, 5) is 4.23. The number of benzene rings is 7. The molecule has 0 atom stereocenters. The lowest BCUT2D eigenvalue weighted by molar-refractivity contribution is 1.33. The SMILES string of the molecule is c1ccc(C(=C(c2ccccc2)c2ccc([Si](c3ccccc3)(c3ccccc3)c3ccc(-c4ccncc4)cc3)cc2)c2ccccc2)cc1. The predicted octanol–water partition coefficient (Wildman–Crippen LogP) is 9.13. The average Bonchev–Trinajstić information content (AvgIpc) is 3.23. The molecule has 2 heteroatoms. The van der Waals surface area contributed by atoms with Gasteiger partial charge in [0.25, 0.3) is 0 Å². The number of pyridine rings is 1. The summed E-state index contributed by atoms with van der Waals surface area (Å²) < 4.78 is 0. The molecular weight excluding hydrogens is 631 g/mol. The van der Waals surface area contributed by atoms with Crippen LogP contribution >= 0.6 is 0 Å². The van der Waals surface area contributed by atoms with Crippen LogP contribution in [0.3, 0.4) is 0 Å². The van der Waals surface area contributed by atoms with E-state index in [1.54, 1.807) is 0 Å². The molecule has 0 N–H and O–H groups in total. The fourth-order valence-corrected chi connectivity index (χ4v) is 12.2. The molecule has 7 aromatic carbocycles. The van der Waals surface area contributed by atoms with Crippen molar-refractivity contribution >= 4 is 40.0 Å². The van der Waals surface area contributed by atoms with E-state index in [0.29, 0.717) is 0 Å². The van der Waals surface area contributed by atoms with Gasteiger partial charge in [-0.1, -0.05) is 200 Å². The third-order valence-corrected chi connectivity index (χ3v) is 14.6. The van der Waals surface area contributed by atoms with Crippen molar-refractivity contribution in [2.75, 3.05) is 0 Å². The normalized spacial score (nSPS) is 11.1. The minimum atomic E-state index is -2.74. The summed E-state index contributed by atoms with van der Waals surface area (Å²) in [5.74, 6) is 0. The second-order valence-corrected chi connectivity index (χ2v) is 16.5. The van der Waals surface area contributed by atoms with Crippen LogP contribution in [-0.2, 0) is 0 Å². The van der Waals surface area contributed by atoms with Gasteiger partial charge in [0.2, 0.25) is 0 Å². The van der Waals surface area contributed by atoms with Gasteiger partial charge in [0.05, 0.1) is 0 Å². The number of aromatic nitrogens is 1. The Morgan fingerprint density at radius 1 is 0.275 bits per heavy atom. The summed E-state index contributed by atoms with van der Waals surface area (Å²) in [6, 6.07) is 77.5. The summed E-state index contributed by atoms with van der Waals surface area (Å²) in [7, 11) is -2.74. The Labute approximate surface area is 301 Å². The quantitative estimate of drug-likeness (QED) is 0.0850. The third kappa shape index (κ3) is 6.30. The van der Waals surface area contributed by atoms with Crippen molar-refractivity contribution in [1.29, 1.82) is 0 Å². The molecule has 0 aliphatic rings. The second-order valence-electron chi connectivity index (χ2n) is 12.7. The van der Waals surface area contributed by atoms with Crippen LogP contribution in [0.2, 0.25) is 0 Å². The second kappa shape index (κ2) is 14.6. The first-order chi connectivity index (χ1) is 25.3. The molecule has 1 aromatic heterocycles. The highest BCUT2D eigenvalue weighted by Gasteiger charge is 2.41. The van der Waals surface area contributed by atoms with Crippen molar-refractivity contribution in [2.45, 2.75) is 0 Å². The maximum absolute atomic E-state index is 4.23. The van der Waals surface area contributed by atoms with E-state index < -0.39 is 8.07 Å². The van der Waals surface area contributed by atoms with Crippen molar-refractivity contribution in [1.82, 2.24) is 4.98 Å². The van der Waals surface area contributed by atoms with E-state index >= 15 is 0 Å². The van der Waals surface area contributed by atoms with Crippen molar-refractivity contribution < 1.29 is 0 Å². The monoisotopic (exact) mass is 667 g/mol. The molecule has 242 valence electrons. The first-order valence-corrected chi connectivity index (χ1v) is 19.5. The van der Waals surface area contributed by atoms with E-state index in [4.69, 9.17) is 0 Å². The van der Waals surface area contributed by atoms with Gasteiger partial charge in [-0.15, -0.1) is 0 Å². The Kier molecular flexibility index (Phi) is 9.15. The van der Waals surface area contributed by atoms with Crippen molar-refractivity contribution in [2.24, 2.45) is 0 Å². The van der Waals surface area contributed by atoms with Gasteiger partial charge in [0.15, 0.2) is 8.07 Å². The Hall–Kier alpha value is -6.35. The fourth-order valence-electron chi connectivity index (χ4n) is 7.45. The lowest BCUT2D eigenvalue weighted by Crippen LogP contribution is -2.74. The zero-order valence-corrected chi connectivity index (χ0v) is 29.3. The molecule has 0 aliphatic heterocycles. The van der Waals surface area contributed by atoms with Gasteiger partial charge in [-0.2, -0.15) is 0 Å². The summed E-state index contributed by atoms with van der Waals surface area (Å²) in [6.07, 6.45) is 3.72. The molecule has 8 rings (SSSR count). The maximum Gasteiger partial charge on any atom is 0.179 e. The van der Waals surface area contributed by atoms with Crippen molar-refractivity contribution in [3.8, 4) is 11.1 Å². The predicted molar refractivity (Wildman–Crippen MR) is 218 cm³/mol. The zero-order valence-electron chi connectivity index (χ0n) is 28.3. The van der Waals surface area contributed by atoms with Crippen LogP contribution in [0.1, 0.15) is 22.3 Å². The fraction of sp³-hybridized carbons (Fsp3) is 0. The van der Waals surface area contributed by atoms with Crippen LogP contribution in [0.4, 0.5) is 0 Å². The van der Waals surface area contributed by atoms with Gasteiger partial charge in [-0.25, -0.2) is 0 Å². The van der Waals surface area contributed by atoms with E-state index in [2.05, 4.69) is 217 Å². The topological polar surface area (TPSA) is 12.9 Å². The zero-order chi connectivity index (χ0) is 34.3. The van der Waals surface area contributed by atoms with Gasteiger partial charge in [0.1, 0.15) is 0 Å². The van der Waals surface area contributed by atoms with Crippen LogP contribution in [0.25, 0.3) is 22.3 Å². The van der Waals surface area contributed by atoms with Crippen molar-refractivity contribution in [3.63, 3.8) is 0 Å². The highest BCUT2D eigenvalue weighted by molar-refractivity contribution is 7.19. The standard InChI is InChI=1S/C49H37NSi/c1-6-16-40(17-7-1)48(41-18-8-2-9-19-41)49(42-20-10-3-11-21-42)43-28-32-47(33-29-43)51(44-22-12-4-13-23-44,45-24-14-5-15-25-45)46-30-26-38(27-31-46)39-34-36-50-37-35-39/h1-37H. The van der Waals surface area contributed by atoms with Crippen LogP contribution in [-0.4, -0.2) is 13.1 Å².